The van der Waals surface area contributed by atoms with Gasteiger partial charge in [-0.05, 0) is 26.3 Å². The molecule has 0 unspecified atom stereocenters. The van der Waals surface area contributed by atoms with E-state index in [0.29, 0.717) is 6.42 Å². The highest BCUT2D eigenvalue weighted by molar-refractivity contribution is 5.76. The normalized spacial score (nSPS) is 20.8. The Balaban J connectivity index is 1.92. The van der Waals surface area contributed by atoms with Gasteiger partial charge in [0.2, 0.25) is 0 Å². The van der Waals surface area contributed by atoms with Crippen molar-refractivity contribution in [3.63, 3.8) is 0 Å². The van der Waals surface area contributed by atoms with Crippen LogP contribution in [0.3, 0.4) is 0 Å². The molecule has 132 valence electrons. The van der Waals surface area contributed by atoms with Crippen LogP contribution in [-0.2, 0) is 25.6 Å². The van der Waals surface area contributed by atoms with Crippen LogP contribution in [-0.4, -0.2) is 42.4 Å². The summed E-state index contributed by atoms with van der Waals surface area (Å²) in [5, 5.41) is 0. The number of hydrogen-bond acceptors (Lipinski definition) is 5. The highest BCUT2D eigenvalue weighted by Gasteiger charge is 2.41. The Kier molecular flexibility index (Phi) is 5.83. The first-order valence-electron chi connectivity index (χ1n) is 8.03. The number of amides is 1. The van der Waals surface area contributed by atoms with Gasteiger partial charge in [-0.25, -0.2) is 4.79 Å². The number of rotatable bonds is 4. The van der Waals surface area contributed by atoms with E-state index >= 15 is 0 Å². The lowest BCUT2D eigenvalue weighted by Gasteiger charge is -2.27. The van der Waals surface area contributed by atoms with Crippen LogP contribution in [0.15, 0.2) is 30.3 Å². The summed E-state index contributed by atoms with van der Waals surface area (Å²) >= 11 is 0. The molecule has 1 fully saturated rings. The van der Waals surface area contributed by atoms with Crippen molar-refractivity contribution < 1.29 is 23.8 Å². The molecule has 1 amide bonds. The van der Waals surface area contributed by atoms with E-state index in [1.165, 1.54) is 12.0 Å². The molecule has 1 aliphatic rings. The van der Waals surface area contributed by atoms with Crippen molar-refractivity contribution in [1.82, 2.24) is 4.90 Å². The molecule has 1 aliphatic heterocycles. The predicted molar refractivity (Wildman–Crippen MR) is 88.1 cm³/mol. The predicted octanol–water partition coefficient (Wildman–Crippen LogP) is 2.96. The zero-order valence-corrected chi connectivity index (χ0v) is 14.7. The number of hydrogen-bond donors (Lipinski definition) is 0. The van der Waals surface area contributed by atoms with Gasteiger partial charge >= 0.3 is 12.1 Å². The second-order valence-electron chi connectivity index (χ2n) is 6.85. The highest BCUT2D eigenvalue weighted by atomic mass is 16.6. The molecule has 24 heavy (non-hydrogen) atoms. The largest absolute Gasteiger partial charge is 0.461 e. The van der Waals surface area contributed by atoms with Crippen LogP contribution in [0.1, 0.15) is 32.8 Å². The first kappa shape index (κ1) is 18.3. The van der Waals surface area contributed by atoms with E-state index in [0.717, 1.165) is 5.56 Å². The summed E-state index contributed by atoms with van der Waals surface area (Å²) in [6.07, 6.45) is -0.551. The SMILES string of the molecule is CO[C@H]1C[C@@H](C(=O)OCc2ccccc2)CN1C(=O)OC(C)(C)C. The molecule has 0 aromatic heterocycles. The van der Waals surface area contributed by atoms with Gasteiger partial charge in [-0.15, -0.1) is 0 Å². The summed E-state index contributed by atoms with van der Waals surface area (Å²) in [5.74, 6) is -0.738. The minimum atomic E-state index is -0.596. The Morgan fingerprint density at radius 3 is 2.46 bits per heavy atom. The molecule has 0 saturated carbocycles. The number of ether oxygens (including phenoxy) is 3. The van der Waals surface area contributed by atoms with E-state index in [-0.39, 0.29) is 19.1 Å². The monoisotopic (exact) mass is 335 g/mol. The molecule has 2 rings (SSSR count). The first-order chi connectivity index (χ1) is 11.3. The van der Waals surface area contributed by atoms with Gasteiger partial charge in [0.05, 0.1) is 5.92 Å². The van der Waals surface area contributed by atoms with Crippen molar-refractivity contribution in [3.8, 4) is 0 Å². The quantitative estimate of drug-likeness (QED) is 0.792. The van der Waals surface area contributed by atoms with E-state index in [4.69, 9.17) is 14.2 Å². The van der Waals surface area contributed by atoms with E-state index in [1.807, 2.05) is 30.3 Å². The van der Waals surface area contributed by atoms with E-state index in [9.17, 15) is 9.59 Å². The molecule has 1 saturated heterocycles. The lowest BCUT2D eigenvalue weighted by Crippen LogP contribution is -2.40. The standard InChI is InChI=1S/C18H25NO5/c1-18(2,3)24-17(21)19-11-14(10-15(19)22-4)16(20)23-12-13-8-6-5-7-9-13/h5-9,14-15H,10-12H2,1-4H3/t14-,15+/m1/s1. The van der Waals surface area contributed by atoms with Crippen LogP contribution in [0, 0.1) is 5.92 Å². The molecule has 0 aliphatic carbocycles. The maximum Gasteiger partial charge on any atom is 0.412 e. The van der Waals surface area contributed by atoms with Crippen LogP contribution in [0.25, 0.3) is 0 Å². The Morgan fingerprint density at radius 1 is 1.21 bits per heavy atom. The molecule has 1 heterocycles. The molecule has 0 bridgehead atoms. The summed E-state index contributed by atoms with van der Waals surface area (Å²) in [6.45, 7) is 5.86. The van der Waals surface area contributed by atoms with Crippen LogP contribution in [0.2, 0.25) is 0 Å². The fourth-order valence-electron chi connectivity index (χ4n) is 2.55. The number of esters is 1. The average Bonchev–Trinajstić information content (AvgIpc) is 2.96. The summed E-state index contributed by atoms with van der Waals surface area (Å²) in [4.78, 5) is 26.0. The third-order valence-corrected chi connectivity index (χ3v) is 3.71. The van der Waals surface area contributed by atoms with Crippen molar-refractivity contribution in [2.45, 2.75) is 45.6 Å². The zero-order valence-electron chi connectivity index (χ0n) is 14.7. The number of methoxy groups -OCH3 is 1. The van der Waals surface area contributed by atoms with Crippen molar-refractivity contribution in [3.05, 3.63) is 35.9 Å². The van der Waals surface area contributed by atoms with Crippen LogP contribution < -0.4 is 0 Å². The van der Waals surface area contributed by atoms with Crippen molar-refractivity contribution in [2.75, 3.05) is 13.7 Å². The smallest absolute Gasteiger partial charge is 0.412 e. The molecule has 0 spiro atoms. The lowest BCUT2D eigenvalue weighted by atomic mass is 10.1. The van der Waals surface area contributed by atoms with Gasteiger partial charge in [0, 0.05) is 20.1 Å². The van der Waals surface area contributed by atoms with Crippen molar-refractivity contribution in [2.24, 2.45) is 5.92 Å². The van der Waals surface area contributed by atoms with Crippen molar-refractivity contribution in [1.29, 1.82) is 0 Å². The fourth-order valence-corrected chi connectivity index (χ4v) is 2.55. The fraction of sp³-hybridized carbons (Fsp3) is 0.556. The maximum atomic E-state index is 12.3. The zero-order chi connectivity index (χ0) is 17.7. The van der Waals surface area contributed by atoms with Gasteiger partial charge in [-0.3, -0.25) is 9.69 Å². The molecule has 2 atom stereocenters. The third kappa shape index (κ3) is 4.96. The molecule has 1 aromatic carbocycles. The van der Waals surface area contributed by atoms with Gasteiger partial charge in [-0.1, -0.05) is 30.3 Å². The van der Waals surface area contributed by atoms with Gasteiger partial charge in [0.1, 0.15) is 18.4 Å². The molecule has 1 aromatic rings. The molecule has 0 radical (unpaired) electrons. The van der Waals surface area contributed by atoms with Gasteiger partial charge in [0.15, 0.2) is 0 Å². The summed E-state index contributed by atoms with van der Waals surface area (Å²) < 4.78 is 16.0. The number of carbonyl (C=O) groups is 2. The molecule has 0 N–H and O–H groups in total. The van der Waals surface area contributed by atoms with Crippen LogP contribution >= 0.6 is 0 Å². The summed E-state index contributed by atoms with van der Waals surface area (Å²) in [5.41, 5.74) is 0.331. The molecule has 6 heteroatoms. The number of benzene rings is 1. The maximum absolute atomic E-state index is 12.3. The van der Waals surface area contributed by atoms with E-state index in [1.54, 1.807) is 20.8 Å². The summed E-state index contributed by atoms with van der Waals surface area (Å²) in [7, 11) is 1.51. The second kappa shape index (κ2) is 7.66. The Labute approximate surface area is 142 Å². The molecular formula is C18H25NO5. The van der Waals surface area contributed by atoms with Crippen LogP contribution in [0.4, 0.5) is 4.79 Å². The summed E-state index contributed by atoms with van der Waals surface area (Å²) in [6, 6.07) is 9.48. The topological polar surface area (TPSA) is 65.1 Å². The van der Waals surface area contributed by atoms with Crippen LogP contribution in [0.5, 0.6) is 0 Å². The third-order valence-electron chi connectivity index (χ3n) is 3.71. The van der Waals surface area contributed by atoms with E-state index in [2.05, 4.69) is 0 Å². The Hall–Kier alpha value is -2.08. The highest BCUT2D eigenvalue weighted by Crippen LogP contribution is 2.27. The first-order valence-corrected chi connectivity index (χ1v) is 8.03. The Bertz CT molecular complexity index is 567. The number of nitrogens with zero attached hydrogens (tertiary/aromatic N) is 1. The van der Waals surface area contributed by atoms with Gasteiger partial charge < -0.3 is 14.2 Å². The van der Waals surface area contributed by atoms with Gasteiger partial charge in [0.25, 0.3) is 0 Å². The number of carbonyl (C=O) groups excluding carboxylic acids is 2. The van der Waals surface area contributed by atoms with E-state index < -0.39 is 23.8 Å². The second-order valence-corrected chi connectivity index (χ2v) is 6.85. The molecular weight excluding hydrogens is 310 g/mol. The van der Waals surface area contributed by atoms with Crippen molar-refractivity contribution >= 4 is 12.1 Å². The molecule has 6 nitrogen and oxygen atoms in total. The minimum absolute atomic E-state index is 0.222. The lowest BCUT2D eigenvalue weighted by molar-refractivity contribution is -0.149. The Morgan fingerprint density at radius 2 is 1.88 bits per heavy atom. The average molecular weight is 335 g/mol. The number of likely N-dealkylation sites (tertiary alicyclic amines) is 1. The minimum Gasteiger partial charge on any atom is -0.461 e. The van der Waals surface area contributed by atoms with Gasteiger partial charge in [-0.2, -0.15) is 0 Å².